The second-order valence-electron chi connectivity index (χ2n) is 5.23. The van der Waals surface area contributed by atoms with Crippen LogP contribution in [0.3, 0.4) is 0 Å². The zero-order valence-corrected chi connectivity index (χ0v) is 11.5. The van der Waals surface area contributed by atoms with Gasteiger partial charge < -0.3 is 19.3 Å². The molecule has 21 heavy (non-hydrogen) atoms. The summed E-state index contributed by atoms with van der Waals surface area (Å²) in [5.41, 5.74) is 0.725. The maximum absolute atomic E-state index is 11.3. The lowest BCUT2D eigenvalue weighted by atomic mass is 9.98. The van der Waals surface area contributed by atoms with Crippen LogP contribution < -0.4 is 0 Å². The highest BCUT2D eigenvalue weighted by Crippen LogP contribution is 2.38. The number of aliphatic hydroxyl groups excluding tert-OH is 1. The van der Waals surface area contributed by atoms with Crippen LogP contribution >= 0.6 is 0 Å². The first kappa shape index (κ1) is 14.0. The van der Waals surface area contributed by atoms with Gasteiger partial charge in [-0.05, 0) is 5.56 Å². The lowest BCUT2D eigenvalue weighted by Crippen LogP contribution is -2.37. The van der Waals surface area contributed by atoms with Gasteiger partial charge in [0, 0.05) is 6.92 Å². The molecule has 6 heteroatoms. The minimum atomic E-state index is -1.02. The minimum Gasteiger partial charge on any atom is -0.457 e. The number of aliphatic hydroxyl groups is 1. The van der Waals surface area contributed by atoms with Gasteiger partial charge in [0.1, 0.15) is 18.3 Å². The van der Waals surface area contributed by atoms with Gasteiger partial charge in [-0.25, -0.2) is 0 Å². The highest BCUT2D eigenvalue weighted by atomic mass is 16.6. The molecule has 2 aliphatic heterocycles. The molecule has 112 valence electrons. The van der Waals surface area contributed by atoms with E-state index in [1.54, 1.807) is 12.1 Å². The van der Waals surface area contributed by atoms with Gasteiger partial charge in [0.15, 0.2) is 12.2 Å². The van der Waals surface area contributed by atoms with Crippen LogP contribution in [0.2, 0.25) is 0 Å². The van der Waals surface area contributed by atoms with Gasteiger partial charge in [-0.2, -0.15) is 0 Å². The highest BCUT2D eigenvalue weighted by Gasteiger charge is 2.54. The average Bonchev–Trinajstić information content (AvgIpc) is 2.95. The van der Waals surface area contributed by atoms with E-state index in [-0.39, 0.29) is 12.4 Å². The summed E-state index contributed by atoms with van der Waals surface area (Å²) in [6.07, 6.45) is -3.57. The Balaban J connectivity index is 1.84. The molecule has 0 bridgehead atoms. The quantitative estimate of drug-likeness (QED) is 0.827. The van der Waals surface area contributed by atoms with Crippen molar-refractivity contribution in [2.24, 2.45) is 0 Å². The Bertz CT molecular complexity index is 542. The van der Waals surface area contributed by atoms with Crippen molar-refractivity contribution in [1.29, 1.82) is 0 Å². The number of rotatable bonds is 3. The van der Waals surface area contributed by atoms with E-state index in [1.165, 1.54) is 6.92 Å². The molecule has 1 N–H and O–H groups in total. The number of fused-ring (bicyclic) bond motifs is 1. The zero-order chi connectivity index (χ0) is 15.0. The Morgan fingerprint density at radius 1 is 1.38 bits per heavy atom. The van der Waals surface area contributed by atoms with Gasteiger partial charge >= 0.3 is 11.9 Å². The molecule has 2 heterocycles. The lowest BCUT2D eigenvalue weighted by molar-refractivity contribution is -0.162. The fourth-order valence-corrected chi connectivity index (χ4v) is 2.84. The van der Waals surface area contributed by atoms with Gasteiger partial charge in [0.25, 0.3) is 0 Å². The Hall–Kier alpha value is -1.92. The van der Waals surface area contributed by atoms with Crippen molar-refractivity contribution in [2.75, 3.05) is 0 Å². The summed E-state index contributed by atoms with van der Waals surface area (Å²) in [7, 11) is 0. The van der Waals surface area contributed by atoms with Crippen LogP contribution in [0.15, 0.2) is 30.3 Å². The molecule has 0 saturated carbocycles. The van der Waals surface area contributed by atoms with E-state index in [0.29, 0.717) is 0 Å². The van der Waals surface area contributed by atoms with Crippen molar-refractivity contribution in [3.8, 4) is 0 Å². The van der Waals surface area contributed by atoms with Crippen LogP contribution in [0, 0.1) is 0 Å². The van der Waals surface area contributed by atoms with Crippen LogP contribution in [-0.4, -0.2) is 41.5 Å². The second kappa shape index (κ2) is 5.46. The summed E-state index contributed by atoms with van der Waals surface area (Å²) < 4.78 is 16.1. The van der Waals surface area contributed by atoms with E-state index in [4.69, 9.17) is 14.2 Å². The van der Waals surface area contributed by atoms with E-state index >= 15 is 0 Å². The minimum absolute atomic E-state index is 0.111. The van der Waals surface area contributed by atoms with Gasteiger partial charge in [0.05, 0.1) is 6.42 Å². The molecule has 1 aromatic carbocycles. The molecule has 0 unspecified atom stereocenters. The lowest BCUT2D eigenvalue weighted by Gasteiger charge is -2.26. The summed E-state index contributed by atoms with van der Waals surface area (Å²) in [4.78, 5) is 22.6. The van der Waals surface area contributed by atoms with Gasteiger partial charge in [-0.3, -0.25) is 9.59 Å². The molecule has 0 aromatic heterocycles. The first-order valence-electron chi connectivity index (χ1n) is 6.81. The van der Waals surface area contributed by atoms with Gasteiger partial charge in [-0.1, -0.05) is 30.3 Å². The normalized spacial score (nSPS) is 32.4. The third kappa shape index (κ3) is 2.64. The monoisotopic (exact) mass is 292 g/mol. The average molecular weight is 292 g/mol. The summed E-state index contributed by atoms with van der Waals surface area (Å²) in [5.74, 6) is -0.847. The number of carbonyl (C=O) groups is 2. The van der Waals surface area contributed by atoms with Gasteiger partial charge in [0.2, 0.25) is 0 Å². The fraction of sp³-hybridized carbons (Fsp3) is 0.467. The number of esters is 2. The number of hydrogen-bond donors (Lipinski definition) is 1. The molecule has 6 nitrogen and oxygen atoms in total. The highest BCUT2D eigenvalue weighted by molar-refractivity contribution is 5.73. The van der Waals surface area contributed by atoms with Gasteiger partial charge in [-0.15, -0.1) is 0 Å². The number of hydrogen-bond acceptors (Lipinski definition) is 6. The zero-order valence-electron chi connectivity index (χ0n) is 11.5. The Morgan fingerprint density at radius 3 is 2.71 bits per heavy atom. The maximum Gasteiger partial charge on any atom is 0.309 e. The molecule has 5 atom stereocenters. The van der Waals surface area contributed by atoms with E-state index in [0.717, 1.165) is 5.56 Å². The van der Waals surface area contributed by atoms with Crippen LogP contribution in [0.5, 0.6) is 0 Å². The van der Waals surface area contributed by atoms with Crippen LogP contribution in [0.4, 0.5) is 0 Å². The standard InChI is InChI=1S/C15H16O6/c1-8(16)19-13(9-5-3-2-4-6-9)15-12(18)14-10(20-15)7-11(17)21-14/h2-6,10,12-15,18H,7H2,1H3/t10-,12-,13+,14+,15+/m0/s1. The van der Waals surface area contributed by atoms with Crippen molar-refractivity contribution in [1.82, 2.24) is 0 Å². The number of benzene rings is 1. The summed E-state index contributed by atoms with van der Waals surface area (Å²) >= 11 is 0. The molecular formula is C15H16O6. The smallest absolute Gasteiger partial charge is 0.309 e. The van der Waals surface area contributed by atoms with Crippen molar-refractivity contribution in [3.05, 3.63) is 35.9 Å². The third-order valence-corrected chi connectivity index (χ3v) is 3.73. The molecule has 2 fully saturated rings. The first-order chi connectivity index (χ1) is 10.1. The summed E-state index contributed by atoms with van der Waals surface area (Å²) in [6, 6.07) is 9.06. The largest absolute Gasteiger partial charge is 0.457 e. The Kier molecular flexibility index (Phi) is 3.65. The van der Waals surface area contributed by atoms with Crippen LogP contribution in [0.1, 0.15) is 25.0 Å². The summed E-state index contributed by atoms with van der Waals surface area (Å²) in [5, 5.41) is 10.3. The van der Waals surface area contributed by atoms with Crippen molar-refractivity contribution >= 4 is 11.9 Å². The first-order valence-corrected chi connectivity index (χ1v) is 6.81. The number of ether oxygens (including phenoxy) is 3. The molecule has 3 rings (SSSR count). The molecule has 0 radical (unpaired) electrons. The molecular weight excluding hydrogens is 276 g/mol. The molecule has 2 aliphatic rings. The second-order valence-corrected chi connectivity index (χ2v) is 5.23. The van der Waals surface area contributed by atoms with Crippen molar-refractivity contribution in [3.63, 3.8) is 0 Å². The SMILES string of the molecule is CC(=O)O[C@H](c1ccccc1)[C@@H]1O[C@H]2CC(=O)O[C@H]2[C@@H]1O. The molecule has 0 spiro atoms. The van der Waals surface area contributed by atoms with E-state index in [1.807, 2.05) is 18.2 Å². The van der Waals surface area contributed by atoms with E-state index in [9.17, 15) is 14.7 Å². The topological polar surface area (TPSA) is 82.1 Å². The van der Waals surface area contributed by atoms with Crippen LogP contribution in [-0.2, 0) is 23.8 Å². The van der Waals surface area contributed by atoms with E-state index in [2.05, 4.69) is 0 Å². The fourth-order valence-electron chi connectivity index (χ4n) is 2.84. The molecule has 1 aromatic rings. The van der Waals surface area contributed by atoms with Crippen LogP contribution in [0.25, 0.3) is 0 Å². The predicted octanol–water partition coefficient (Wildman–Crippen LogP) is 0.735. The maximum atomic E-state index is 11.3. The Labute approximate surface area is 121 Å². The van der Waals surface area contributed by atoms with Crippen molar-refractivity contribution in [2.45, 2.75) is 43.9 Å². The molecule has 2 saturated heterocycles. The summed E-state index contributed by atoms with van der Waals surface area (Å²) in [6.45, 7) is 1.30. The van der Waals surface area contributed by atoms with E-state index < -0.39 is 36.5 Å². The molecule has 0 amide bonds. The third-order valence-electron chi connectivity index (χ3n) is 3.73. The van der Waals surface area contributed by atoms with Crippen molar-refractivity contribution < 1.29 is 28.9 Å². The molecule has 0 aliphatic carbocycles. The predicted molar refractivity (Wildman–Crippen MR) is 70.1 cm³/mol. The Morgan fingerprint density at radius 2 is 2.10 bits per heavy atom. The number of carbonyl (C=O) groups excluding carboxylic acids is 2.